The third-order valence-electron chi connectivity index (χ3n) is 6.69. The third kappa shape index (κ3) is 4.87. The number of carbonyl (C=O) groups excluding carboxylic acids is 2. The third-order valence-corrected chi connectivity index (χ3v) is 6.69. The summed E-state index contributed by atoms with van der Waals surface area (Å²) in [5.74, 6) is 1.04. The lowest BCUT2D eigenvalue weighted by Crippen LogP contribution is -2.47. The molecule has 4 rings (SSSR count). The summed E-state index contributed by atoms with van der Waals surface area (Å²) >= 11 is 0. The van der Waals surface area contributed by atoms with Gasteiger partial charge in [-0.05, 0) is 50.1 Å². The zero-order valence-electron chi connectivity index (χ0n) is 21.3. The molecule has 1 N–H and O–H groups in total. The van der Waals surface area contributed by atoms with Crippen molar-refractivity contribution < 1.29 is 23.8 Å². The Balaban J connectivity index is 1.77. The van der Waals surface area contributed by atoms with E-state index >= 15 is 0 Å². The van der Waals surface area contributed by atoms with Crippen LogP contribution >= 0.6 is 0 Å². The highest BCUT2D eigenvalue weighted by Crippen LogP contribution is 2.44. The molecule has 0 bridgehead atoms. The van der Waals surface area contributed by atoms with Gasteiger partial charge >= 0.3 is 0 Å². The van der Waals surface area contributed by atoms with Crippen molar-refractivity contribution in [2.75, 3.05) is 31.5 Å². The zero-order chi connectivity index (χ0) is 25.8. The molecule has 1 aliphatic rings. The minimum atomic E-state index is -0.537. The van der Waals surface area contributed by atoms with Crippen molar-refractivity contribution in [1.82, 2.24) is 0 Å². The van der Waals surface area contributed by atoms with Gasteiger partial charge in [0.1, 0.15) is 5.75 Å². The van der Waals surface area contributed by atoms with Crippen LogP contribution in [0.1, 0.15) is 35.6 Å². The fraction of sp³-hybridized carbons (Fsp3) is 0.310. The van der Waals surface area contributed by atoms with Gasteiger partial charge in [-0.3, -0.25) is 9.59 Å². The van der Waals surface area contributed by atoms with Gasteiger partial charge in [0.25, 0.3) is 0 Å². The van der Waals surface area contributed by atoms with Gasteiger partial charge in [-0.1, -0.05) is 35.9 Å². The van der Waals surface area contributed by atoms with Crippen molar-refractivity contribution in [2.45, 2.75) is 32.7 Å². The van der Waals surface area contributed by atoms with Gasteiger partial charge in [0.15, 0.2) is 11.5 Å². The average molecular weight is 489 g/mol. The van der Waals surface area contributed by atoms with E-state index in [4.69, 9.17) is 14.2 Å². The van der Waals surface area contributed by atoms with E-state index in [2.05, 4.69) is 5.32 Å². The fourth-order valence-corrected chi connectivity index (χ4v) is 4.78. The van der Waals surface area contributed by atoms with Crippen LogP contribution in [0.3, 0.4) is 0 Å². The van der Waals surface area contributed by atoms with Gasteiger partial charge in [0, 0.05) is 29.4 Å². The first kappa shape index (κ1) is 25.1. The summed E-state index contributed by atoms with van der Waals surface area (Å²) in [6.07, 6.45) is 0.685. The van der Waals surface area contributed by atoms with Crippen LogP contribution in [0.15, 0.2) is 60.7 Å². The van der Waals surface area contributed by atoms with E-state index in [1.54, 1.807) is 32.3 Å². The molecule has 3 aromatic rings. The summed E-state index contributed by atoms with van der Waals surface area (Å²) in [5.41, 5.74) is 4.11. The number of anilines is 2. The first-order valence-electron chi connectivity index (χ1n) is 11.9. The summed E-state index contributed by atoms with van der Waals surface area (Å²) in [5, 5.41) is 3.09. The number of rotatable bonds is 7. The molecular formula is C29H32N2O5. The summed E-state index contributed by atoms with van der Waals surface area (Å²) in [6, 6.07) is 18.4. The van der Waals surface area contributed by atoms with Crippen LogP contribution < -0.4 is 24.4 Å². The van der Waals surface area contributed by atoms with E-state index < -0.39 is 12.0 Å². The lowest BCUT2D eigenvalue weighted by Gasteiger charge is -2.41. The zero-order valence-corrected chi connectivity index (χ0v) is 21.3. The maximum atomic E-state index is 13.8. The Bertz CT molecular complexity index is 1260. The Hall–Kier alpha value is -4.00. The molecule has 7 heteroatoms. The van der Waals surface area contributed by atoms with E-state index in [1.165, 1.54) is 0 Å². The van der Waals surface area contributed by atoms with Crippen LogP contribution in [0.2, 0.25) is 0 Å². The fourth-order valence-electron chi connectivity index (χ4n) is 4.78. The molecule has 1 fully saturated rings. The van der Waals surface area contributed by atoms with Crippen molar-refractivity contribution in [3.8, 4) is 17.2 Å². The van der Waals surface area contributed by atoms with Crippen molar-refractivity contribution >= 4 is 23.2 Å². The van der Waals surface area contributed by atoms with Crippen LogP contribution in [0.4, 0.5) is 11.4 Å². The number of para-hydroxylation sites is 1. The number of methoxy groups -OCH3 is 3. The Morgan fingerprint density at radius 2 is 1.53 bits per heavy atom. The Morgan fingerprint density at radius 1 is 0.889 bits per heavy atom. The van der Waals surface area contributed by atoms with Gasteiger partial charge in [-0.2, -0.15) is 0 Å². The van der Waals surface area contributed by atoms with Gasteiger partial charge in [0.05, 0.1) is 33.3 Å². The molecule has 1 aliphatic heterocycles. The standard InChI is InChI=1S/C29H32N2O5/c1-18-10-12-20(13-11-18)31-27(32)15-14-22(28(31)21-8-6-7-9-24(21)34-3)29(33)30-23-17-26(36-5)25(35-4)16-19(23)2/h6-13,16-17,22,28H,14-15H2,1-5H3,(H,30,33). The van der Waals surface area contributed by atoms with Crippen LogP contribution in [-0.4, -0.2) is 33.1 Å². The monoisotopic (exact) mass is 488 g/mol. The molecule has 0 aliphatic carbocycles. The minimum absolute atomic E-state index is 0.0268. The van der Waals surface area contributed by atoms with E-state index in [0.717, 1.165) is 22.4 Å². The highest BCUT2D eigenvalue weighted by molar-refractivity contribution is 6.00. The van der Waals surface area contributed by atoms with Crippen molar-refractivity contribution in [2.24, 2.45) is 5.92 Å². The lowest BCUT2D eigenvalue weighted by atomic mass is 9.82. The van der Waals surface area contributed by atoms with Crippen LogP contribution in [0.5, 0.6) is 17.2 Å². The Morgan fingerprint density at radius 3 is 2.19 bits per heavy atom. The molecule has 36 heavy (non-hydrogen) atoms. The summed E-state index contributed by atoms with van der Waals surface area (Å²) < 4.78 is 16.5. The number of piperidine rings is 1. The maximum absolute atomic E-state index is 13.8. The van der Waals surface area contributed by atoms with E-state index in [1.807, 2.05) is 68.4 Å². The van der Waals surface area contributed by atoms with Crippen LogP contribution in [0.25, 0.3) is 0 Å². The molecule has 0 aromatic heterocycles. The van der Waals surface area contributed by atoms with Gasteiger partial charge in [-0.15, -0.1) is 0 Å². The number of hydrogen-bond donors (Lipinski definition) is 1. The summed E-state index contributed by atoms with van der Waals surface area (Å²) in [4.78, 5) is 28.9. The summed E-state index contributed by atoms with van der Waals surface area (Å²) in [7, 11) is 4.73. The molecule has 2 unspecified atom stereocenters. The molecule has 1 saturated heterocycles. The highest BCUT2D eigenvalue weighted by atomic mass is 16.5. The van der Waals surface area contributed by atoms with Gasteiger partial charge < -0.3 is 24.4 Å². The number of nitrogens with one attached hydrogen (secondary N) is 1. The van der Waals surface area contributed by atoms with E-state index in [0.29, 0.717) is 29.4 Å². The topological polar surface area (TPSA) is 77.1 Å². The number of ether oxygens (including phenoxy) is 3. The number of benzene rings is 3. The average Bonchev–Trinajstić information content (AvgIpc) is 2.89. The Kier molecular flexibility index (Phi) is 7.48. The van der Waals surface area contributed by atoms with E-state index in [9.17, 15) is 9.59 Å². The first-order valence-corrected chi connectivity index (χ1v) is 11.9. The predicted octanol–water partition coefficient (Wildman–Crippen LogP) is 5.45. The quantitative estimate of drug-likeness (QED) is 0.478. The van der Waals surface area contributed by atoms with Crippen LogP contribution in [-0.2, 0) is 9.59 Å². The molecule has 0 saturated carbocycles. The normalized spacial score (nSPS) is 17.5. The van der Waals surface area contributed by atoms with Gasteiger partial charge in [0.2, 0.25) is 11.8 Å². The maximum Gasteiger partial charge on any atom is 0.229 e. The number of carbonyl (C=O) groups is 2. The van der Waals surface area contributed by atoms with Crippen molar-refractivity contribution in [1.29, 1.82) is 0 Å². The number of amides is 2. The van der Waals surface area contributed by atoms with Crippen LogP contribution in [0, 0.1) is 19.8 Å². The molecular weight excluding hydrogens is 456 g/mol. The number of hydrogen-bond acceptors (Lipinski definition) is 5. The lowest BCUT2D eigenvalue weighted by molar-refractivity contribution is -0.126. The second-order valence-corrected chi connectivity index (χ2v) is 8.94. The SMILES string of the molecule is COc1cc(C)c(NC(=O)C2CCC(=O)N(c3ccc(C)cc3)C2c2ccccc2OC)cc1OC. The molecule has 3 aromatic carbocycles. The Labute approximate surface area is 212 Å². The molecule has 188 valence electrons. The molecule has 0 spiro atoms. The predicted molar refractivity (Wildman–Crippen MR) is 140 cm³/mol. The molecule has 1 heterocycles. The largest absolute Gasteiger partial charge is 0.496 e. The minimum Gasteiger partial charge on any atom is -0.496 e. The van der Waals surface area contributed by atoms with E-state index in [-0.39, 0.29) is 18.2 Å². The molecule has 7 nitrogen and oxygen atoms in total. The molecule has 2 amide bonds. The number of nitrogens with zero attached hydrogens (tertiary/aromatic N) is 1. The first-order chi connectivity index (χ1) is 17.4. The second kappa shape index (κ2) is 10.7. The van der Waals surface area contributed by atoms with Crippen molar-refractivity contribution in [3.63, 3.8) is 0 Å². The van der Waals surface area contributed by atoms with Crippen molar-refractivity contribution in [3.05, 3.63) is 77.4 Å². The smallest absolute Gasteiger partial charge is 0.229 e. The van der Waals surface area contributed by atoms with Gasteiger partial charge in [-0.25, -0.2) is 0 Å². The molecule has 2 atom stereocenters. The second-order valence-electron chi connectivity index (χ2n) is 8.94. The highest BCUT2D eigenvalue weighted by Gasteiger charge is 2.42. The summed E-state index contributed by atoms with van der Waals surface area (Å²) in [6.45, 7) is 3.90. The molecule has 0 radical (unpaired) electrons. The number of aryl methyl sites for hydroxylation is 2.